The second-order valence-corrected chi connectivity index (χ2v) is 6.65. The van der Waals surface area contributed by atoms with Crippen molar-refractivity contribution in [2.24, 2.45) is 0 Å². The van der Waals surface area contributed by atoms with E-state index >= 15 is 0 Å². The van der Waals surface area contributed by atoms with Crippen LogP contribution < -0.4 is 5.32 Å². The summed E-state index contributed by atoms with van der Waals surface area (Å²) in [6.45, 7) is 5.95. The van der Waals surface area contributed by atoms with Crippen molar-refractivity contribution in [3.63, 3.8) is 0 Å². The first-order valence-electron chi connectivity index (χ1n) is 6.87. The summed E-state index contributed by atoms with van der Waals surface area (Å²) in [5, 5.41) is 4.35. The van der Waals surface area contributed by atoms with Gasteiger partial charge in [0.15, 0.2) is 0 Å². The molecule has 1 aromatic rings. The molecule has 1 saturated carbocycles. The molecule has 0 amide bonds. The van der Waals surface area contributed by atoms with E-state index in [4.69, 9.17) is 4.74 Å². The Hall–Kier alpha value is -1.07. The Bertz CT molecular complexity index is 482. The van der Waals surface area contributed by atoms with E-state index in [0.717, 1.165) is 23.6 Å². The fourth-order valence-electron chi connectivity index (χ4n) is 2.16. The van der Waals surface area contributed by atoms with Crippen LogP contribution in [0, 0.1) is 13.8 Å². The SMILES string of the molecule is COC(=O)C(C)(CSc1cc(C)cc(C)n1)NC1CC1. The summed E-state index contributed by atoms with van der Waals surface area (Å²) in [6, 6.07) is 4.55. The number of aryl methyl sites for hydroxylation is 2. The molecular weight excluding hydrogens is 272 g/mol. The van der Waals surface area contributed by atoms with Crippen LogP contribution in [0.2, 0.25) is 0 Å². The van der Waals surface area contributed by atoms with Gasteiger partial charge in [0.2, 0.25) is 0 Å². The predicted octanol–water partition coefficient (Wildman–Crippen LogP) is 2.47. The fraction of sp³-hybridized carbons (Fsp3) is 0.600. The van der Waals surface area contributed by atoms with E-state index in [0.29, 0.717) is 11.8 Å². The normalized spacial score (nSPS) is 17.6. The molecule has 0 aromatic carbocycles. The molecule has 1 aromatic heterocycles. The lowest BCUT2D eigenvalue weighted by Gasteiger charge is -2.27. The lowest BCUT2D eigenvalue weighted by Crippen LogP contribution is -2.53. The standard InChI is InChI=1S/C15H22N2O2S/c1-10-7-11(2)16-13(8-10)20-9-15(3,14(18)19-4)17-12-5-6-12/h7-8,12,17H,5-6,9H2,1-4H3. The minimum atomic E-state index is -0.653. The van der Waals surface area contributed by atoms with Crippen molar-refractivity contribution in [2.75, 3.05) is 12.9 Å². The second-order valence-electron chi connectivity index (χ2n) is 5.66. The topological polar surface area (TPSA) is 51.2 Å². The van der Waals surface area contributed by atoms with Gasteiger partial charge in [-0.2, -0.15) is 0 Å². The minimum Gasteiger partial charge on any atom is -0.468 e. The summed E-state index contributed by atoms with van der Waals surface area (Å²) >= 11 is 1.59. The number of hydrogen-bond acceptors (Lipinski definition) is 5. The molecule has 4 nitrogen and oxygen atoms in total. The third-order valence-corrected chi connectivity index (χ3v) is 4.55. The van der Waals surface area contributed by atoms with Gasteiger partial charge in [-0.1, -0.05) is 0 Å². The Morgan fingerprint density at radius 2 is 2.20 bits per heavy atom. The number of carbonyl (C=O) groups excluding carboxylic acids is 1. The van der Waals surface area contributed by atoms with Gasteiger partial charge in [0.05, 0.1) is 12.1 Å². The van der Waals surface area contributed by atoms with Gasteiger partial charge in [0, 0.05) is 17.5 Å². The first-order chi connectivity index (χ1) is 9.43. The molecule has 0 radical (unpaired) electrons. The molecular formula is C15H22N2O2S. The van der Waals surface area contributed by atoms with Crippen molar-refractivity contribution in [1.82, 2.24) is 10.3 Å². The molecule has 20 heavy (non-hydrogen) atoms. The first-order valence-corrected chi connectivity index (χ1v) is 7.86. The smallest absolute Gasteiger partial charge is 0.326 e. The van der Waals surface area contributed by atoms with Gasteiger partial charge in [0.25, 0.3) is 0 Å². The number of rotatable bonds is 6. The molecule has 0 bridgehead atoms. The molecule has 1 unspecified atom stereocenters. The maximum absolute atomic E-state index is 12.0. The van der Waals surface area contributed by atoms with Crippen LogP contribution in [-0.4, -0.2) is 35.4 Å². The number of aromatic nitrogens is 1. The van der Waals surface area contributed by atoms with Gasteiger partial charge >= 0.3 is 5.97 Å². The largest absolute Gasteiger partial charge is 0.468 e. The van der Waals surface area contributed by atoms with Gasteiger partial charge in [-0.25, -0.2) is 4.98 Å². The van der Waals surface area contributed by atoms with Crippen LogP contribution >= 0.6 is 11.8 Å². The predicted molar refractivity (Wildman–Crippen MR) is 81.0 cm³/mol. The summed E-state index contributed by atoms with van der Waals surface area (Å²) in [6.07, 6.45) is 2.28. The number of ether oxygens (including phenoxy) is 1. The lowest BCUT2D eigenvalue weighted by molar-refractivity contribution is -0.147. The highest BCUT2D eigenvalue weighted by Crippen LogP contribution is 2.28. The van der Waals surface area contributed by atoms with E-state index in [-0.39, 0.29) is 5.97 Å². The van der Waals surface area contributed by atoms with Crippen LogP contribution in [-0.2, 0) is 9.53 Å². The average Bonchev–Trinajstić information content (AvgIpc) is 3.18. The Morgan fingerprint density at radius 1 is 1.50 bits per heavy atom. The molecule has 110 valence electrons. The number of esters is 1. The monoisotopic (exact) mass is 294 g/mol. The Labute approximate surface area is 124 Å². The van der Waals surface area contributed by atoms with E-state index in [1.54, 1.807) is 11.8 Å². The molecule has 1 aliphatic carbocycles. The number of nitrogens with zero attached hydrogens (tertiary/aromatic N) is 1. The average molecular weight is 294 g/mol. The third-order valence-electron chi connectivity index (χ3n) is 3.32. The quantitative estimate of drug-likeness (QED) is 0.645. The maximum atomic E-state index is 12.0. The highest BCUT2D eigenvalue weighted by molar-refractivity contribution is 7.99. The van der Waals surface area contributed by atoms with Crippen LogP contribution in [0.25, 0.3) is 0 Å². The summed E-state index contributed by atoms with van der Waals surface area (Å²) < 4.78 is 4.94. The summed E-state index contributed by atoms with van der Waals surface area (Å²) in [5.41, 5.74) is 1.54. The van der Waals surface area contributed by atoms with Crippen LogP contribution in [0.1, 0.15) is 31.0 Å². The van der Waals surface area contributed by atoms with Gasteiger partial charge in [-0.15, -0.1) is 11.8 Å². The number of nitrogens with one attached hydrogen (secondary N) is 1. The molecule has 1 aliphatic rings. The zero-order chi connectivity index (χ0) is 14.8. The van der Waals surface area contributed by atoms with Crippen molar-refractivity contribution >= 4 is 17.7 Å². The van der Waals surface area contributed by atoms with Crippen LogP contribution in [0.3, 0.4) is 0 Å². The molecule has 1 heterocycles. The van der Waals surface area contributed by atoms with Gasteiger partial charge in [-0.3, -0.25) is 10.1 Å². The number of methoxy groups -OCH3 is 1. The Kier molecular flexibility index (Phi) is 4.70. The van der Waals surface area contributed by atoms with Gasteiger partial charge < -0.3 is 4.74 Å². The zero-order valence-electron chi connectivity index (χ0n) is 12.5. The number of carbonyl (C=O) groups is 1. The highest BCUT2D eigenvalue weighted by atomic mass is 32.2. The molecule has 1 N–H and O–H groups in total. The van der Waals surface area contributed by atoms with E-state index < -0.39 is 5.54 Å². The number of thioether (sulfide) groups is 1. The van der Waals surface area contributed by atoms with E-state index in [1.807, 2.05) is 26.0 Å². The second kappa shape index (κ2) is 6.14. The molecule has 2 rings (SSSR count). The van der Waals surface area contributed by atoms with Gasteiger partial charge in [0.1, 0.15) is 5.54 Å². The maximum Gasteiger partial charge on any atom is 0.326 e. The lowest BCUT2D eigenvalue weighted by atomic mass is 10.1. The number of hydrogen-bond donors (Lipinski definition) is 1. The molecule has 1 atom stereocenters. The van der Waals surface area contributed by atoms with Crippen molar-refractivity contribution in [2.45, 2.75) is 50.2 Å². The molecule has 0 spiro atoms. The van der Waals surface area contributed by atoms with Gasteiger partial charge in [-0.05, 0) is 51.3 Å². The van der Waals surface area contributed by atoms with Crippen molar-refractivity contribution in [1.29, 1.82) is 0 Å². The molecule has 0 aliphatic heterocycles. The van der Waals surface area contributed by atoms with E-state index in [1.165, 1.54) is 12.7 Å². The van der Waals surface area contributed by atoms with Crippen molar-refractivity contribution < 1.29 is 9.53 Å². The van der Waals surface area contributed by atoms with Crippen molar-refractivity contribution in [3.05, 3.63) is 23.4 Å². The Morgan fingerprint density at radius 3 is 2.75 bits per heavy atom. The van der Waals surface area contributed by atoms with Crippen LogP contribution in [0.4, 0.5) is 0 Å². The van der Waals surface area contributed by atoms with Crippen LogP contribution in [0.5, 0.6) is 0 Å². The molecule has 1 fully saturated rings. The summed E-state index contributed by atoms with van der Waals surface area (Å²) in [5.74, 6) is 0.410. The number of pyridine rings is 1. The third kappa shape index (κ3) is 3.96. The molecule has 0 saturated heterocycles. The minimum absolute atomic E-state index is 0.207. The summed E-state index contributed by atoms with van der Waals surface area (Å²) in [4.78, 5) is 16.5. The van der Waals surface area contributed by atoms with E-state index in [2.05, 4.69) is 17.2 Å². The fourth-order valence-corrected chi connectivity index (χ4v) is 3.27. The van der Waals surface area contributed by atoms with Crippen molar-refractivity contribution in [3.8, 4) is 0 Å². The first kappa shape index (κ1) is 15.3. The molecule has 5 heteroatoms. The Balaban J connectivity index is 2.05. The van der Waals surface area contributed by atoms with E-state index in [9.17, 15) is 4.79 Å². The van der Waals surface area contributed by atoms with Crippen LogP contribution in [0.15, 0.2) is 17.2 Å². The summed E-state index contributed by atoms with van der Waals surface area (Å²) in [7, 11) is 1.44. The zero-order valence-corrected chi connectivity index (χ0v) is 13.3. The highest BCUT2D eigenvalue weighted by Gasteiger charge is 2.39.